The van der Waals surface area contributed by atoms with E-state index in [1.165, 1.54) is 25.7 Å². The maximum absolute atomic E-state index is 7.41. The van der Waals surface area contributed by atoms with E-state index in [9.17, 15) is 0 Å². The molecule has 0 aliphatic carbocycles. The lowest BCUT2D eigenvalue weighted by Crippen LogP contribution is -2.35. The van der Waals surface area contributed by atoms with Crippen LogP contribution in [0.25, 0.3) is 0 Å². The van der Waals surface area contributed by atoms with Crippen LogP contribution in [-0.4, -0.2) is 43.1 Å². The van der Waals surface area contributed by atoms with Crippen LogP contribution in [0.4, 0.5) is 0 Å². The van der Waals surface area contributed by atoms with Crippen molar-refractivity contribution < 1.29 is 4.74 Å². The van der Waals surface area contributed by atoms with Gasteiger partial charge in [-0.15, -0.1) is 0 Å². The first-order chi connectivity index (χ1) is 8.13. The van der Waals surface area contributed by atoms with E-state index in [0.717, 1.165) is 26.2 Å². The van der Waals surface area contributed by atoms with Crippen LogP contribution in [0.1, 0.15) is 39.5 Å². The standard InChI is InChI=1S/C13H27N3O/c1-3-16(10-11(2)13(14)15)8-4-6-12-7-5-9-17-12/h11-12H,3-10H2,1-2H3,(H3,14,15). The van der Waals surface area contributed by atoms with Crippen LogP contribution in [0.3, 0.4) is 0 Å². The predicted molar refractivity (Wildman–Crippen MR) is 71.4 cm³/mol. The van der Waals surface area contributed by atoms with Gasteiger partial charge in [0, 0.05) is 19.1 Å². The van der Waals surface area contributed by atoms with Crippen molar-refractivity contribution in [2.75, 3.05) is 26.2 Å². The molecule has 0 aromatic rings. The van der Waals surface area contributed by atoms with Crippen molar-refractivity contribution in [1.82, 2.24) is 4.90 Å². The topological polar surface area (TPSA) is 62.3 Å². The van der Waals surface area contributed by atoms with Crippen molar-refractivity contribution in [3.05, 3.63) is 0 Å². The molecule has 1 aliphatic rings. The molecule has 1 fully saturated rings. The van der Waals surface area contributed by atoms with E-state index in [4.69, 9.17) is 15.9 Å². The lowest BCUT2D eigenvalue weighted by Gasteiger charge is -2.24. The van der Waals surface area contributed by atoms with Gasteiger partial charge in [-0.25, -0.2) is 0 Å². The maximum Gasteiger partial charge on any atom is 0.0947 e. The Morgan fingerprint density at radius 1 is 1.59 bits per heavy atom. The minimum Gasteiger partial charge on any atom is -0.387 e. The Hall–Kier alpha value is -0.610. The summed E-state index contributed by atoms with van der Waals surface area (Å²) >= 11 is 0. The quantitative estimate of drug-likeness (QED) is 0.503. The summed E-state index contributed by atoms with van der Waals surface area (Å²) in [6.45, 7) is 8.15. The van der Waals surface area contributed by atoms with Crippen molar-refractivity contribution in [3.63, 3.8) is 0 Å². The number of hydrogen-bond acceptors (Lipinski definition) is 3. The zero-order chi connectivity index (χ0) is 12.7. The molecule has 2 atom stereocenters. The Morgan fingerprint density at radius 3 is 2.88 bits per heavy atom. The van der Waals surface area contributed by atoms with Gasteiger partial charge >= 0.3 is 0 Å². The van der Waals surface area contributed by atoms with E-state index >= 15 is 0 Å². The van der Waals surface area contributed by atoms with Gasteiger partial charge in [-0.3, -0.25) is 5.41 Å². The van der Waals surface area contributed by atoms with E-state index in [1.54, 1.807) is 0 Å². The van der Waals surface area contributed by atoms with Crippen molar-refractivity contribution in [3.8, 4) is 0 Å². The number of ether oxygens (including phenoxy) is 1. The molecule has 1 aliphatic heterocycles. The van der Waals surface area contributed by atoms with E-state index in [2.05, 4.69) is 11.8 Å². The van der Waals surface area contributed by atoms with E-state index in [-0.39, 0.29) is 5.92 Å². The Labute approximate surface area is 105 Å². The highest BCUT2D eigenvalue weighted by Gasteiger charge is 2.16. The molecule has 4 heteroatoms. The zero-order valence-corrected chi connectivity index (χ0v) is 11.2. The molecule has 4 nitrogen and oxygen atoms in total. The molecular formula is C13H27N3O. The molecule has 1 rings (SSSR count). The summed E-state index contributed by atoms with van der Waals surface area (Å²) < 4.78 is 5.62. The fourth-order valence-corrected chi connectivity index (χ4v) is 2.28. The van der Waals surface area contributed by atoms with Crippen LogP contribution in [0.2, 0.25) is 0 Å². The van der Waals surface area contributed by atoms with Gasteiger partial charge in [0.2, 0.25) is 0 Å². The van der Waals surface area contributed by atoms with Crippen molar-refractivity contribution in [2.45, 2.75) is 45.6 Å². The van der Waals surface area contributed by atoms with Crippen LogP contribution >= 0.6 is 0 Å². The van der Waals surface area contributed by atoms with Crippen molar-refractivity contribution >= 4 is 5.84 Å². The summed E-state index contributed by atoms with van der Waals surface area (Å²) in [7, 11) is 0. The molecule has 0 aromatic carbocycles. The molecule has 1 saturated heterocycles. The number of amidine groups is 1. The molecule has 0 spiro atoms. The van der Waals surface area contributed by atoms with Gasteiger partial charge in [-0.05, 0) is 38.8 Å². The third kappa shape index (κ3) is 5.50. The van der Waals surface area contributed by atoms with Gasteiger partial charge in [0.1, 0.15) is 0 Å². The molecule has 1 heterocycles. The molecule has 100 valence electrons. The Balaban J connectivity index is 2.15. The monoisotopic (exact) mass is 241 g/mol. The second kappa shape index (κ2) is 7.67. The zero-order valence-electron chi connectivity index (χ0n) is 11.2. The van der Waals surface area contributed by atoms with Gasteiger partial charge < -0.3 is 15.4 Å². The summed E-state index contributed by atoms with van der Waals surface area (Å²) in [5.74, 6) is 0.459. The molecular weight excluding hydrogens is 214 g/mol. The minimum atomic E-state index is 0.165. The molecule has 3 N–H and O–H groups in total. The third-order valence-electron chi connectivity index (χ3n) is 3.53. The molecule has 2 unspecified atom stereocenters. The Bertz CT molecular complexity index is 227. The van der Waals surface area contributed by atoms with Crippen LogP contribution in [0.5, 0.6) is 0 Å². The Morgan fingerprint density at radius 2 is 2.35 bits per heavy atom. The highest BCUT2D eigenvalue weighted by Crippen LogP contribution is 2.17. The first kappa shape index (κ1) is 14.5. The fourth-order valence-electron chi connectivity index (χ4n) is 2.28. The molecule has 0 bridgehead atoms. The SMILES string of the molecule is CCN(CCCC1CCCO1)CC(C)C(=N)N. The highest BCUT2D eigenvalue weighted by molar-refractivity contribution is 5.79. The van der Waals surface area contributed by atoms with E-state index < -0.39 is 0 Å². The molecule has 0 aromatic heterocycles. The second-order valence-corrected chi connectivity index (χ2v) is 5.03. The van der Waals surface area contributed by atoms with Crippen LogP contribution < -0.4 is 5.73 Å². The lowest BCUT2D eigenvalue weighted by atomic mass is 10.1. The van der Waals surface area contributed by atoms with Gasteiger partial charge in [-0.2, -0.15) is 0 Å². The average Bonchev–Trinajstić information content (AvgIpc) is 2.80. The summed E-state index contributed by atoms with van der Waals surface area (Å²) in [6.07, 6.45) is 5.31. The minimum absolute atomic E-state index is 0.165. The summed E-state index contributed by atoms with van der Waals surface area (Å²) in [5, 5.41) is 7.41. The van der Waals surface area contributed by atoms with Crippen LogP contribution in [0, 0.1) is 11.3 Å². The number of nitrogens with zero attached hydrogens (tertiary/aromatic N) is 1. The molecule has 0 radical (unpaired) electrons. The first-order valence-corrected chi connectivity index (χ1v) is 6.81. The fraction of sp³-hybridized carbons (Fsp3) is 0.923. The van der Waals surface area contributed by atoms with Crippen molar-refractivity contribution in [1.29, 1.82) is 5.41 Å². The normalized spacial score (nSPS) is 21.9. The van der Waals surface area contributed by atoms with Gasteiger partial charge in [0.25, 0.3) is 0 Å². The predicted octanol–water partition coefficient (Wildman–Crippen LogP) is 1.84. The number of hydrogen-bond donors (Lipinski definition) is 2. The van der Waals surface area contributed by atoms with Gasteiger partial charge in [0.05, 0.1) is 11.9 Å². The van der Waals surface area contributed by atoms with Crippen molar-refractivity contribution in [2.24, 2.45) is 11.7 Å². The van der Waals surface area contributed by atoms with E-state index in [0.29, 0.717) is 11.9 Å². The molecule has 17 heavy (non-hydrogen) atoms. The van der Waals surface area contributed by atoms with Gasteiger partial charge in [0.15, 0.2) is 0 Å². The number of rotatable bonds is 8. The summed E-state index contributed by atoms with van der Waals surface area (Å²) in [6, 6.07) is 0. The molecule has 0 saturated carbocycles. The second-order valence-electron chi connectivity index (χ2n) is 5.03. The Kier molecular flexibility index (Phi) is 6.52. The van der Waals surface area contributed by atoms with Crippen LogP contribution in [-0.2, 0) is 4.74 Å². The number of nitrogens with two attached hydrogens (primary N) is 1. The molecule has 0 amide bonds. The van der Waals surface area contributed by atoms with Gasteiger partial charge in [-0.1, -0.05) is 13.8 Å². The summed E-state index contributed by atoms with van der Waals surface area (Å²) in [5.41, 5.74) is 5.50. The lowest BCUT2D eigenvalue weighted by molar-refractivity contribution is 0.0986. The smallest absolute Gasteiger partial charge is 0.0947 e. The van der Waals surface area contributed by atoms with Crippen LogP contribution in [0.15, 0.2) is 0 Å². The largest absolute Gasteiger partial charge is 0.387 e. The number of nitrogens with one attached hydrogen (secondary N) is 1. The first-order valence-electron chi connectivity index (χ1n) is 6.81. The highest BCUT2D eigenvalue weighted by atomic mass is 16.5. The average molecular weight is 241 g/mol. The third-order valence-corrected chi connectivity index (χ3v) is 3.53. The summed E-state index contributed by atoms with van der Waals surface area (Å²) in [4.78, 5) is 2.38. The maximum atomic E-state index is 7.41. The van der Waals surface area contributed by atoms with E-state index in [1.807, 2.05) is 6.92 Å².